The van der Waals surface area contributed by atoms with E-state index in [1.54, 1.807) is 12.1 Å². The van der Waals surface area contributed by atoms with Crippen LogP contribution in [0.5, 0.6) is 0 Å². The molecule has 2 unspecified atom stereocenters. The highest BCUT2D eigenvalue weighted by Crippen LogP contribution is 2.26. The smallest absolute Gasteiger partial charge is 0.244 e. The summed E-state index contributed by atoms with van der Waals surface area (Å²) in [5.41, 5.74) is 1.85. The van der Waals surface area contributed by atoms with Crippen LogP contribution in [0.1, 0.15) is 25.8 Å². The first-order valence-corrected chi connectivity index (χ1v) is 11.9. The van der Waals surface area contributed by atoms with Crippen LogP contribution >= 0.6 is 11.3 Å². The lowest BCUT2D eigenvalue weighted by molar-refractivity contribution is -0.118. The van der Waals surface area contributed by atoms with Gasteiger partial charge in [-0.25, -0.2) is 8.42 Å². The number of aromatic nitrogens is 2. The van der Waals surface area contributed by atoms with Gasteiger partial charge in [-0.3, -0.25) is 10.1 Å². The first-order chi connectivity index (χ1) is 14.3. The highest BCUT2D eigenvalue weighted by molar-refractivity contribution is 7.89. The van der Waals surface area contributed by atoms with E-state index in [0.29, 0.717) is 16.6 Å². The quantitative estimate of drug-likeness (QED) is 0.550. The Bertz CT molecular complexity index is 1100. The van der Waals surface area contributed by atoms with Crippen molar-refractivity contribution in [3.8, 4) is 10.6 Å². The van der Waals surface area contributed by atoms with Crippen molar-refractivity contribution in [2.45, 2.75) is 38.1 Å². The van der Waals surface area contributed by atoms with Crippen molar-refractivity contribution in [1.29, 1.82) is 0 Å². The molecule has 2 aromatic carbocycles. The van der Waals surface area contributed by atoms with Crippen LogP contribution in [-0.4, -0.2) is 30.6 Å². The lowest BCUT2D eigenvalue weighted by atomic mass is 9.99. The van der Waals surface area contributed by atoms with Gasteiger partial charge in [0.15, 0.2) is 0 Å². The molecule has 158 valence electrons. The van der Waals surface area contributed by atoms with Gasteiger partial charge in [0.2, 0.25) is 21.1 Å². The summed E-state index contributed by atoms with van der Waals surface area (Å²) >= 11 is 1.24. The van der Waals surface area contributed by atoms with Gasteiger partial charge in [-0.2, -0.15) is 4.72 Å². The normalized spacial score (nSPS) is 13.6. The summed E-state index contributed by atoms with van der Waals surface area (Å²) in [4.78, 5) is 13.0. The molecule has 0 saturated carbocycles. The van der Waals surface area contributed by atoms with E-state index in [0.717, 1.165) is 11.1 Å². The Morgan fingerprint density at radius 1 is 1.07 bits per heavy atom. The van der Waals surface area contributed by atoms with E-state index >= 15 is 0 Å². The predicted molar refractivity (Wildman–Crippen MR) is 119 cm³/mol. The van der Waals surface area contributed by atoms with Gasteiger partial charge in [-0.1, -0.05) is 79.6 Å². The second kappa shape index (κ2) is 9.46. The first-order valence-electron chi connectivity index (χ1n) is 9.59. The van der Waals surface area contributed by atoms with Crippen LogP contribution in [0.4, 0.5) is 5.13 Å². The molecule has 9 heteroatoms. The zero-order valence-electron chi connectivity index (χ0n) is 17.0. The third-order valence-corrected chi connectivity index (χ3v) is 7.13. The molecule has 7 nitrogen and oxygen atoms in total. The molecule has 3 aromatic rings. The zero-order valence-corrected chi connectivity index (χ0v) is 18.6. The number of carbonyl (C=O) groups is 1. The Morgan fingerprint density at radius 2 is 1.73 bits per heavy atom. The molecule has 0 aliphatic carbocycles. The van der Waals surface area contributed by atoms with Crippen molar-refractivity contribution in [1.82, 2.24) is 14.9 Å². The Kier molecular flexibility index (Phi) is 6.96. The van der Waals surface area contributed by atoms with Crippen molar-refractivity contribution in [2.75, 3.05) is 5.32 Å². The van der Waals surface area contributed by atoms with E-state index < -0.39 is 22.0 Å². The molecule has 1 amide bonds. The molecule has 0 aliphatic heterocycles. The number of hydrogen-bond donors (Lipinski definition) is 2. The van der Waals surface area contributed by atoms with Gasteiger partial charge in [0.05, 0.1) is 4.90 Å². The molecular weight excluding hydrogens is 420 g/mol. The fraction of sp³-hybridized carbons (Fsp3) is 0.286. The molecule has 0 aliphatic rings. The van der Waals surface area contributed by atoms with Gasteiger partial charge in [0.25, 0.3) is 0 Å². The Morgan fingerprint density at radius 3 is 2.37 bits per heavy atom. The predicted octanol–water partition coefficient (Wildman–Crippen LogP) is 3.85. The maximum absolute atomic E-state index is 12.9. The molecule has 1 heterocycles. The first kappa shape index (κ1) is 22.1. The van der Waals surface area contributed by atoms with Gasteiger partial charge in [0.1, 0.15) is 11.0 Å². The minimum Gasteiger partial charge on any atom is -0.299 e. The second-order valence-electron chi connectivity index (χ2n) is 7.07. The number of anilines is 1. The SMILES string of the molecule is CCC(C)C(NS(=O)(=O)c1ccc(C)cc1)C(=O)Nc1nnc(-c2ccccc2)s1. The Balaban J connectivity index is 1.78. The van der Waals surface area contributed by atoms with E-state index in [-0.39, 0.29) is 10.8 Å². The van der Waals surface area contributed by atoms with Crippen LogP contribution < -0.4 is 10.0 Å². The zero-order chi connectivity index (χ0) is 21.7. The monoisotopic (exact) mass is 444 g/mol. The summed E-state index contributed by atoms with van der Waals surface area (Å²) in [6.07, 6.45) is 0.625. The van der Waals surface area contributed by atoms with Gasteiger partial charge >= 0.3 is 0 Å². The van der Waals surface area contributed by atoms with E-state index in [4.69, 9.17) is 0 Å². The summed E-state index contributed by atoms with van der Waals surface area (Å²) < 4.78 is 28.2. The average molecular weight is 445 g/mol. The standard InChI is InChI=1S/C21H24N4O3S2/c1-4-15(3)18(25-30(27,28)17-12-10-14(2)11-13-17)19(26)22-21-24-23-20(29-21)16-8-6-5-7-9-16/h5-13,15,18,25H,4H2,1-3H3,(H,22,24,26). The van der Waals surface area contributed by atoms with Crippen molar-refractivity contribution in [3.63, 3.8) is 0 Å². The third-order valence-electron chi connectivity index (χ3n) is 4.78. The highest BCUT2D eigenvalue weighted by Gasteiger charge is 2.30. The van der Waals surface area contributed by atoms with Gasteiger partial charge in [0, 0.05) is 5.56 Å². The molecular formula is C21H24N4O3S2. The number of nitrogens with one attached hydrogen (secondary N) is 2. The van der Waals surface area contributed by atoms with Gasteiger partial charge < -0.3 is 0 Å². The van der Waals surface area contributed by atoms with E-state index in [9.17, 15) is 13.2 Å². The molecule has 1 aromatic heterocycles. The minimum atomic E-state index is -3.85. The Hall–Kier alpha value is -2.62. The molecule has 0 saturated heterocycles. The van der Waals surface area contributed by atoms with E-state index in [1.165, 1.54) is 23.5 Å². The van der Waals surface area contributed by atoms with E-state index in [1.807, 2.05) is 51.1 Å². The molecule has 30 heavy (non-hydrogen) atoms. The number of hydrogen-bond acceptors (Lipinski definition) is 6. The highest BCUT2D eigenvalue weighted by atomic mass is 32.2. The summed E-state index contributed by atoms with van der Waals surface area (Å²) in [5, 5.41) is 11.8. The molecule has 2 N–H and O–H groups in total. The van der Waals surface area contributed by atoms with Crippen LogP contribution in [0.2, 0.25) is 0 Å². The number of sulfonamides is 1. The topological polar surface area (TPSA) is 101 Å². The Labute approximate surface area is 180 Å². The number of amides is 1. The van der Waals surface area contributed by atoms with Gasteiger partial charge in [-0.15, -0.1) is 10.2 Å². The minimum absolute atomic E-state index is 0.122. The summed E-state index contributed by atoms with van der Waals surface area (Å²) in [6, 6.07) is 15.1. The summed E-state index contributed by atoms with van der Waals surface area (Å²) in [5.74, 6) is -0.678. The molecule has 2 atom stereocenters. The number of benzene rings is 2. The van der Waals surface area contributed by atoms with Crippen LogP contribution in [0.25, 0.3) is 10.6 Å². The number of aryl methyl sites for hydroxylation is 1. The number of nitrogens with zero attached hydrogens (tertiary/aromatic N) is 2. The van der Waals surface area contributed by atoms with Crippen molar-refractivity contribution >= 4 is 32.4 Å². The molecule has 0 spiro atoms. The average Bonchev–Trinajstić information content (AvgIpc) is 3.21. The fourth-order valence-corrected chi connectivity index (χ4v) is 4.83. The molecule has 0 bridgehead atoms. The van der Waals surface area contributed by atoms with Crippen LogP contribution in [-0.2, 0) is 14.8 Å². The maximum atomic E-state index is 12.9. The van der Waals surface area contributed by atoms with Crippen LogP contribution in [0, 0.1) is 12.8 Å². The summed E-state index contributed by atoms with van der Waals surface area (Å²) in [7, 11) is -3.85. The van der Waals surface area contributed by atoms with Gasteiger partial charge in [-0.05, 0) is 25.0 Å². The maximum Gasteiger partial charge on any atom is 0.244 e. The number of carbonyl (C=O) groups excluding carboxylic acids is 1. The molecule has 3 rings (SSSR count). The largest absolute Gasteiger partial charge is 0.299 e. The number of rotatable bonds is 8. The fourth-order valence-electron chi connectivity index (χ4n) is 2.77. The molecule has 0 radical (unpaired) electrons. The summed E-state index contributed by atoms with van der Waals surface area (Å²) in [6.45, 7) is 5.62. The third kappa shape index (κ3) is 5.29. The molecule has 0 fully saturated rings. The lowest BCUT2D eigenvalue weighted by Crippen LogP contribution is -2.47. The van der Waals surface area contributed by atoms with Crippen molar-refractivity contribution < 1.29 is 13.2 Å². The van der Waals surface area contributed by atoms with Crippen LogP contribution in [0.3, 0.4) is 0 Å². The lowest BCUT2D eigenvalue weighted by Gasteiger charge is -2.22. The van der Waals surface area contributed by atoms with E-state index in [2.05, 4.69) is 20.2 Å². The van der Waals surface area contributed by atoms with Crippen LogP contribution in [0.15, 0.2) is 59.5 Å². The second-order valence-corrected chi connectivity index (χ2v) is 9.76. The van der Waals surface area contributed by atoms with Crippen molar-refractivity contribution in [2.24, 2.45) is 5.92 Å². The van der Waals surface area contributed by atoms with Crippen molar-refractivity contribution in [3.05, 3.63) is 60.2 Å².